The highest BCUT2D eigenvalue weighted by Gasteiger charge is 2.33. The number of halogens is 1. The van der Waals surface area contributed by atoms with Gasteiger partial charge in [-0.1, -0.05) is 19.1 Å². The lowest BCUT2D eigenvalue weighted by atomic mass is 10.0. The van der Waals surface area contributed by atoms with Gasteiger partial charge in [-0.15, -0.1) is 0 Å². The number of aromatic nitrogens is 2. The number of aliphatic hydroxyl groups is 1. The smallest absolute Gasteiger partial charge is 0.252 e. The number of allylic oxidation sites excluding steroid dienone is 1. The van der Waals surface area contributed by atoms with Gasteiger partial charge in [-0.3, -0.25) is 14.3 Å². The lowest BCUT2D eigenvalue weighted by Gasteiger charge is -2.36. The summed E-state index contributed by atoms with van der Waals surface area (Å²) in [5, 5.41) is 13.7. The fourth-order valence-corrected chi connectivity index (χ4v) is 4.80. The second-order valence-electron chi connectivity index (χ2n) is 9.00. The van der Waals surface area contributed by atoms with Crippen LogP contribution in [0.2, 0.25) is 0 Å². The Morgan fingerprint density at radius 3 is 2.79 bits per heavy atom. The van der Waals surface area contributed by atoms with Crippen molar-refractivity contribution in [2.45, 2.75) is 58.3 Å². The first-order chi connectivity index (χ1) is 16.0. The predicted molar refractivity (Wildman–Crippen MR) is 129 cm³/mol. The van der Waals surface area contributed by atoms with Crippen molar-refractivity contribution in [1.82, 2.24) is 19.8 Å². The number of aryl methyl sites for hydroxylation is 1. The van der Waals surface area contributed by atoms with Crippen LogP contribution in [0.3, 0.4) is 0 Å². The number of hydrogen-bond donors (Lipinski definition) is 2. The zero-order chi connectivity index (χ0) is 23.4. The molecular weight excluding hydrogens is 421 g/mol. The summed E-state index contributed by atoms with van der Waals surface area (Å²) in [5.41, 5.74) is 2.23. The van der Waals surface area contributed by atoms with Crippen molar-refractivity contribution in [2.75, 3.05) is 31.3 Å². The topological polar surface area (TPSA) is 73.6 Å². The monoisotopic (exact) mass is 455 g/mol. The van der Waals surface area contributed by atoms with E-state index in [0.717, 1.165) is 55.8 Å². The van der Waals surface area contributed by atoms with E-state index in [1.807, 2.05) is 17.0 Å². The summed E-state index contributed by atoms with van der Waals surface area (Å²) >= 11 is 0. The summed E-state index contributed by atoms with van der Waals surface area (Å²) in [7, 11) is 0. The summed E-state index contributed by atoms with van der Waals surface area (Å²) in [6.45, 7) is 7.53. The quantitative estimate of drug-likeness (QED) is 0.637. The Labute approximate surface area is 194 Å². The van der Waals surface area contributed by atoms with Crippen LogP contribution < -0.4 is 15.8 Å². The summed E-state index contributed by atoms with van der Waals surface area (Å²) in [6, 6.07) is 5.46. The van der Waals surface area contributed by atoms with E-state index in [1.54, 1.807) is 29.8 Å². The zero-order valence-electron chi connectivity index (χ0n) is 19.5. The number of hydrogen-bond acceptors (Lipinski definition) is 6. The minimum Gasteiger partial charge on any atom is -0.376 e. The molecule has 2 aliphatic rings. The van der Waals surface area contributed by atoms with E-state index in [4.69, 9.17) is 0 Å². The van der Waals surface area contributed by atoms with Gasteiger partial charge in [-0.05, 0) is 57.0 Å². The van der Waals surface area contributed by atoms with E-state index in [1.165, 1.54) is 0 Å². The van der Waals surface area contributed by atoms with E-state index in [0.29, 0.717) is 24.8 Å². The third-order valence-corrected chi connectivity index (χ3v) is 6.71. The maximum atomic E-state index is 13.7. The molecule has 0 amide bonds. The Hall–Kier alpha value is -2.55. The molecule has 7 nitrogen and oxygen atoms in total. The van der Waals surface area contributed by atoms with Gasteiger partial charge in [0.25, 0.3) is 5.56 Å². The second kappa shape index (κ2) is 10.6. The molecule has 4 rings (SSSR count). The molecule has 8 heteroatoms. The van der Waals surface area contributed by atoms with Gasteiger partial charge in [0.2, 0.25) is 0 Å². The van der Waals surface area contributed by atoms with Crippen molar-refractivity contribution in [3.05, 3.63) is 63.5 Å². The number of aliphatic hydroxyl groups excluding tert-OH is 1. The third-order valence-electron chi connectivity index (χ3n) is 6.71. The Balaban J connectivity index is 1.33. The summed E-state index contributed by atoms with van der Waals surface area (Å²) < 4.78 is 15.5. The molecule has 178 valence electrons. The molecule has 2 aliphatic heterocycles. The van der Waals surface area contributed by atoms with Gasteiger partial charge < -0.3 is 20.2 Å². The van der Waals surface area contributed by atoms with E-state index in [9.17, 15) is 14.3 Å². The lowest BCUT2D eigenvalue weighted by molar-refractivity contribution is 0.176. The summed E-state index contributed by atoms with van der Waals surface area (Å²) in [6.07, 6.45) is 8.76. The average Bonchev–Trinajstić information content (AvgIpc) is 3.19. The van der Waals surface area contributed by atoms with Gasteiger partial charge in [0, 0.05) is 43.5 Å². The van der Waals surface area contributed by atoms with Crippen LogP contribution >= 0.6 is 0 Å². The molecule has 1 atom stereocenters. The first-order valence-corrected chi connectivity index (χ1v) is 11.8. The Morgan fingerprint density at radius 1 is 1.30 bits per heavy atom. The third kappa shape index (κ3) is 5.34. The Kier molecular flexibility index (Phi) is 7.57. The SMILES string of the molecule is CC/C=C\c1ccc(=O)n2c1N(CO)[C@H](CN1CCC(NCc3cnc(C)c(F)c3)CC1)C2. The molecule has 0 aliphatic carbocycles. The number of likely N-dealkylation sites (tertiary alicyclic amines) is 1. The van der Waals surface area contributed by atoms with Gasteiger partial charge in [0.05, 0.1) is 11.7 Å². The molecule has 1 fully saturated rings. The molecule has 0 unspecified atom stereocenters. The standard InChI is InChI=1S/C25H34FN5O2/c1-3-4-5-20-6-7-24(33)30-16-22(31(17-32)25(20)30)15-29-10-8-21(9-11-29)28-14-19-12-23(26)18(2)27-13-19/h4-7,12-13,21-22,28,32H,3,8-11,14-17H2,1-2H3/b5-4-/t22-/m1/s1. The summed E-state index contributed by atoms with van der Waals surface area (Å²) in [5.74, 6) is 0.553. The highest BCUT2D eigenvalue weighted by molar-refractivity contribution is 5.66. The van der Waals surface area contributed by atoms with Crippen LogP contribution in [0, 0.1) is 12.7 Å². The van der Waals surface area contributed by atoms with Gasteiger partial charge in [-0.25, -0.2) is 4.39 Å². The molecule has 0 bridgehead atoms. The van der Waals surface area contributed by atoms with E-state index in [2.05, 4.69) is 28.2 Å². The lowest BCUT2D eigenvalue weighted by Crippen LogP contribution is -2.48. The molecule has 33 heavy (non-hydrogen) atoms. The Morgan fingerprint density at radius 2 is 2.09 bits per heavy atom. The van der Waals surface area contributed by atoms with Gasteiger partial charge in [0.15, 0.2) is 0 Å². The van der Waals surface area contributed by atoms with Crippen LogP contribution in [0.25, 0.3) is 6.08 Å². The number of fused-ring (bicyclic) bond motifs is 1. The van der Waals surface area contributed by atoms with Crippen molar-refractivity contribution >= 4 is 11.9 Å². The van der Waals surface area contributed by atoms with Gasteiger partial charge >= 0.3 is 0 Å². The number of piperidine rings is 1. The highest BCUT2D eigenvalue weighted by Crippen LogP contribution is 2.29. The molecule has 2 aromatic rings. The van der Waals surface area contributed by atoms with Crippen molar-refractivity contribution in [3.8, 4) is 0 Å². The fraction of sp³-hybridized carbons (Fsp3) is 0.520. The number of pyridine rings is 2. The van der Waals surface area contributed by atoms with Gasteiger partial charge in [0.1, 0.15) is 18.4 Å². The van der Waals surface area contributed by atoms with Crippen LogP contribution in [0.5, 0.6) is 0 Å². The summed E-state index contributed by atoms with van der Waals surface area (Å²) in [4.78, 5) is 21.0. The van der Waals surface area contributed by atoms with Crippen LogP contribution in [0.1, 0.15) is 43.0 Å². The van der Waals surface area contributed by atoms with Crippen LogP contribution in [0.15, 0.2) is 35.3 Å². The molecular formula is C25H34FN5O2. The number of rotatable bonds is 8. The highest BCUT2D eigenvalue weighted by atomic mass is 19.1. The minimum absolute atomic E-state index is 0.0236. The maximum Gasteiger partial charge on any atom is 0.252 e. The first kappa shape index (κ1) is 23.6. The molecule has 0 saturated carbocycles. The predicted octanol–water partition coefficient (Wildman–Crippen LogP) is 2.51. The van der Waals surface area contributed by atoms with Crippen molar-refractivity contribution in [1.29, 1.82) is 0 Å². The second-order valence-corrected chi connectivity index (χ2v) is 9.00. The maximum absolute atomic E-state index is 13.7. The molecule has 4 heterocycles. The molecule has 2 N–H and O–H groups in total. The van der Waals surface area contributed by atoms with Crippen molar-refractivity contribution in [3.63, 3.8) is 0 Å². The Bertz CT molecular complexity index is 1050. The average molecular weight is 456 g/mol. The molecule has 0 spiro atoms. The number of nitrogens with zero attached hydrogens (tertiary/aromatic N) is 4. The number of anilines is 1. The molecule has 0 radical (unpaired) electrons. The van der Waals surface area contributed by atoms with Crippen LogP contribution in [-0.2, 0) is 13.1 Å². The number of nitrogens with one attached hydrogen (secondary N) is 1. The molecule has 0 aromatic carbocycles. The van der Waals surface area contributed by atoms with E-state index >= 15 is 0 Å². The van der Waals surface area contributed by atoms with E-state index in [-0.39, 0.29) is 24.1 Å². The van der Waals surface area contributed by atoms with Crippen molar-refractivity contribution < 1.29 is 9.50 Å². The normalized spacial score (nSPS) is 19.5. The van der Waals surface area contributed by atoms with Gasteiger partial charge in [-0.2, -0.15) is 0 Å². The minimum atomic E-state index is -0.262. The van der Waals surface area contributed by atoms with Crippen LogP contribution in [-0.4, -0.2) is 58.0 Å². The van der Waals surface area contributed by atoms with E-state index < -0.39 is 0 Å². The fourth-order valence-electron chi connectivity index (χ4n) is 4.80. The first-order valence-electron chi connectivity index (χ1n) is 11.8. The van der Waals surface area contributed by atoms with Crippen molar-refractivity contribution in [2.24, 2.45) is 0 Å². The zero-order valence-corrected chi connectivity index (χ0v) is 19.5. The molecule has 1 saturated heterocycles. The van der Waals surface area contributed by atoms with Crippen LogP contribution in [0.4, 0.5) is 10.2 Å². The molecule has 2 aromatic heterocycles. The largest absolute Gasteiger partial charge is 0.376 e.